The lowest BCUT2D eigenvalue weighted by molar-refractivity contribution is -0.212. The van der Waals surface area contributed by atoms with Gasteiger partial charge in [-0.15, -0.1) is 0 Å². The van der Waals surface area contributed by atoms with E-state index in [-0.39, 0.29) is 11.7 Å². The summed E-state index contributed by atoms with van der Waals surface area (Å²) in [5, 5.41) is 2.47. The first-order valence-corrected chi connectivity index (χ1v) is 7.03. The lowest BCUT2D eigenvalue weighted by atomic mass is 9.96. The number of benzene rings is 1. The molecule has 1 aromatic rings. The molecule has 5 nitrogen and oxygen atoms in total. The van der Waals surface area contributed by atoms with Gasteiger partial charge in [0.1, 0.15) is 5.92 Å². The molecule has 1 heterocycles. The standard InChI is InChI=1S/C14H16BrNO4/c1-19-14(20-2)12(17)10(13(18)16-14)8-7-9-5-3-4-6-11(9)15/h3-6,10H,7-8H2,1-2H3,(H,16,18). The molecule has 1 amide bonds. The Kier molecular flexibility index (Phi) is 4.57. The highest BCUT2D eigenvalue weighted by Gasteiger charge is 2.53. The second-order valence-corrected chi connectivity index (χ2v) is 5.42. The minimum absolute atomic E-state index is 0.356. The average Bonchev–Trinajstić information content (AvgIpc) is 2.70. The molecule has 1 unspecified atom stereocenters. The highest BCUT2D eigenvalue weighted by Crippen LogP contribution is 2.27. The summed E-state index contributed by atoms with van der Waals surface area (Å²) in [5.41, 5.74) is 1.06. The maximum atomic E-state index is 12.3. The van der Waals surface area contributed by atoms with Gasteiger partial charge in [-0.2, -0.15) is 0 Å². The Labute approximate surface area is 125 Å². The van der Waals surface area contributed by atoms with Gasteiger partial charge in [0, 0.05) is 18.7 Å². The number of ketones is 1. The van der Waals surface area contributed by atoms with Gasteiger partial charge in [0.2, 0.25) is 11.7 Å². The second kappa shape index (κ2) is 6.03. The van der Waals surface area contributed by atoms with Gasteiger partial charge in [-0.1, -0.05) is 34.1 Å². The molecule has 1 N–H and O–H groups in total. The Morgan fingerprint density at radius 3 is 2.45 bits per heavy atom. The summed E-state index contributed by atoms with van der Waals surface area (Å²) in [4.78, 5) is 24.2. The van der Waals surface area contributed by atoms with Crippen molar-refractivity contribution in [1.82, 2.24) is 5.32 Å². The molecule has 20 heavy (non-hydrogen) atoms. The third-order valence-electron chi connectivity index (χ3n) is 3.48. The van der Waals surface area contributed by atoms with Gasteiger partial charge in [-0.25, -0.2) is 0 Å². The minimum Gasteiger partial charge on any atom is -0.330 e. The zero-order chi connectivity index (χ0) is 14.8. The molecule has 0 radical (unpaired) electrons. The van der Waals surface area contributed by atoms with Crippen LogP contribution in [0, 0.1) is 5.92 Å². The Balaban J connectivity index is 2.09. The van der Waals surface area contributed by atoms with Crippen LogP contribution in [-0.4, -0.2) is 31.8 Å². The van der Waals surface area contributed by atoms with Crippen molar-refractivity contribution < 1.29 is 19.1 Å². The molecule has 108 valence electrons. The third-order valence-corrected chi connectivity index (χ3v) is 4.25. The lowest BCUT2D eigenvalue weighted by Gasteiger charge is -2.23. The fraction of sp³-hybridized carbons (Fsp3) is 0.429. The van der Waals surface area contributed by atoms with Gasteiger partial charge in [-0.3, -0.25) is 14.9 Å². The monoisotopic (exact) mass is 341 g/mol. The quantitative estimate of drug-likeness (QED) is 0.653. The van der Waals surface area contributed by atoms with Crippen molar-refractivity contribution in [3.8, 4) is 0 Å². The number of carbonyl (C=O) groups excluding carboxylic acids is 2. The topological polar surface area (TPSA) is 64.6 Å². The van der Waals surface area contributed by atoms with Crippen molar-refractivity contribution in [3.05, 3.63) is 34.3 Å². The van der Waals surface area contributed by atoms with E-state index in [1.165, 1.54) is 14.2 Å². The second-order valence-electron chi connectivity index (χ2n) is 4.56. The van der Waals surface area contributed by atoms with Crippen LogP contribution in [-0.2, 0) is 25.5 Å². The summed E-state index contributed by atoms with van der Waals surface area (Å²) < 4.78 is 11.0. The molecule has 1 fully saturated rings. The maximum Gasteiger partial charge on any atom is 0.314 e. The number of halogens is 1. The number of aryl methyl sites for hydroxylation is 1. The van der Waals surface area contributed by atoms with E-state index in [0.29, 0.717) is 12.8 Å². The highest BCUT2D eigenvalue weighted by atomic mass is 79.9. The fourth-order valence-corrected chi connectivity index (χ4v) is 2.79. The number of amides is 1. The molecular weight excluding hydrogens is 326 g/mol. The van der Waals surface area contributed by atoms with Gasteiger partial charge in [-0.05, 0) is 24.5 Å². The van der Waals surface area contributed by atoms with Gasteiger partial charge in [0.15, 0.2) is 0 Å². The van der Waals surface area contributed by atoms with Crippen molar-refractivity contribution in [2.75, 3.05) is 14.2 Å². The number of hydrogen-bond acceptors (Lipinski definition) is 4. The molecule has 0 aromatic heterocycles. The normalized spacial score (nSPS) is 21.1. The van der Waals surface area contributed by atoms with Crippen LogP contribution in [0.15, 0.2) is 28.7 Å². The number of ether oxygens (including phenoxy) is 2. The molecule has 6 heteroatoms. The molecule has 1 saturated heterocycles. The predicted octanol–water partition coefficient (Wildman–Crippen LogP) is 1.64. The Hall–Kier alpha value is -1.24. The van der Waals surface area contributed by atoms with E-state index < -0.39 is 11.8 Å². The van der Waals surface area contributed by atoms with E-state index >= 15 is 0 Å². The molecule has 1 atom stereocenters. The average molecular weight is 342 g/mol. The number of rotatable bonds is 5. The Bertz CT molecular complexity index is 528. The molecule has 0 spiro atoms. The zero-order valence-corrected chi connectivity index (χ0v) is 12.9. The number of methoxy groups -OCH3 is 2. The Morgan fingerprint density at radius 2 is 1.90 bits per heavy atom. The van der Waals surface area contributed by atoms with Crippen LogP contribution in [0.4, 0.5) is 0 Å². The SMILES string of the molecule is COC1(OC)NC(=O)C(CCc2ccccc2Br)C1=O. The van der Waals surface area contributed by atoms with Crippen molar-refractivity contribution in [2.24, 2.45) is 5.92 Å². The summed E-state index contributed by atoms with van der Waals surface area (Å²) in [6, 6.07) is 7.73. The zero-order valence-electron chi connectivity index (χ0n) is 11.3. The summed E-state index contributed by atoms with van der Waals surface area (Å²) in [7, 11) is 2.66. The van der Waals surface area contributed by atoms with Crippen molar-refractivity contribution in [1.29, 1.82) is 0 Å². The predicted molar refractivity (Wildman–Crippen MR) is 75.9 cm³/mol. The summed E-state index contributed by atoms with van der Waals surface area (Å²) in [5.74, 6) is -3.11. The van der Waals surface area contributed by atoms with E-state index in [2.05, 4.69) is 21.2 Å². The first-order chi connectivity index (χ1) is 9.54. The van der Waals surface area contributed by atoms with Crippen LogP contribution < -0.4 is 5.32 Å². The first kappa shape index (κ1) is 15.2. The molecular formula is C14H16BrNO4. The molecule has 0 aliphatic carbocycles. The number of hydrogen-bond donors (Lipinski definition) is 1. The van der Waals surface area contributed by atoms with E-state index in [1.807, 2.05) is 24.3 Å². The van der Waals surface area contributed by atoms with Crippen molar-refractivity contribution in [3.63, 3.8) is 0 Å². The van der Waals surface area contributed by atoms with Crippen LogP contribution in [0.5, 0.6) is 0 Å². The smallest absolute Gasteiger partial charge is 0.314 e. The molecule has 2 rings (SSSR count). The highest BCUT2D eigenvalue weighted by molar-refractivity contribution is 9.10. The molecule has 0 bridgehead atoms. The molecule has 1 aliphatic heterocycles. The first-order valence-electron chi connectivity index (χ1n) is 6.24. The van der Waals surface area contributed by atoms with Crippen LogP contribution in [0.3, 0.4) is 0 Å². The van der Waals surface area contributed by atoms with Crippen molar-refractivity contribution in [2.45, 2.75) is 18.8 Å². The molecule has 1 aromatic carbocycles. The lowest BCUT2D eigenvalue weighted by Crippen LogP contribution is -2.50. The number of Topliss-reactive ketones (excluding diaryl/α,β-unsaturated/α-hetero) is 1. The molecule has 0 saturated carbocycles. The van der Waals surface area contributed by atoms with E-state index in [9.17, 15) is 9.59 Å². The van der Waals surface area contributed by atoms with Crippen LogP contribution in [0.1, 0.15) is 12.0 Å². The van der Waals surface area contributed by atoms with Gasteiger partial charge in [0.25, 0.3) is 0 Å². The van der Waals surface area contributed by atoms with Gasteiger partial charge < -0.3 is 9.47 Å². The largest absolute Gasteiger partial charge is 0.330 e. The van der Waals surface area contributed by atoms with E-state index in [1.54, 1.807) is 0 Å². The minimum atomic E-state index is -1.63. The summed E-state index contributed by atoms with van der Waals surface area (Å²) in [6.07, 6.45) is 1.04. The van der Waals surface area contributed by atoms with Gasteiger partial charge in [0.05, 0.1) is 0 Å². The summed E-state index contributed by atoms with van der Waals surface area (Å²) in [6.45, 7) is 0. The fourth-order valence-electron chi connectivity index (χ4n) is 2.31. The Morgan fingerprint density at radius 1 is 1.25 bits per heavy atom. The third kappa shape index (κ3) is 2.63. The van der Waals surface area contributed by atoms with Gasteiger partial charge >= 0.3 is 5.91 Å². The summed E-state index contributed by atoms with van der Waals surface area (Å²) >= 11 is 3.45. The van der Waals surface area contributed by atoms with Crippen LogP contribution in [0.25, 0.3) is 0 Å². The number of carbonyl (C=O) groups is 2. The van der Waals surface area contributed by atoms with Crippen molar-refractivity contribution >= 4 is 27.6 Å². The van der Waals surface area contributed by atoms with Crippen LogP contribution in [0.2, 0.25) is 0 Å². The van der Waals surface area contributed by atoms with Crippen LogP contribution >= 0.6 is 15.9 Å². The maximum absolute atomic E-state index is 12.3. The van der Waals surface area contributed by atoms with E-state index in [0.717, 1.165) is 10.0 Å². The molecule has 1 aliphatic rings. The van der Waals surface area contributed by atoms with E-state index in [4.69, 9.17) is 9.47 Å². The number of nitrogens with one attached hydrogen (secondary N) is 1.